The molecule has 0 fully saturated rings. The van der Waals surface area contributed by atoms with Gasteiger partial charge in [0.05, 0.1) is 5.69 Å². The van der Waals surface area contributed by atoms with Crippen LogP contribution in [0.25, 0.3) is 16.7 Å². The molecule has 0 unspecified atom stereocenters. The van der Waals surface area contributed by atoms with E-state index in [-0.39, 0.29) is 21.6 Å². The molecule has 4 aromatic rings. The molecule has 5 rings (SSSR count). The van der Waals surface area contributed by atoms with Gasteiger partial charge >= 0.3 is 5.63 Å². The molecule has 2 aromatic carbocycles. The Labute approximate surface area is 194 Å². The van der Waals surface area contributed by atoms with Crippen LogP contribution in [0.1, 0.15) is 25.1 Å². The van der Waals surface area contributed by atoms with E-state index in [0.29, 0.717) is 15.6 Å². The topological polar surface area (TPSA) is 72.4 Å². The average Bonchev–Trinajstić information content (AvgIpc) is 2.93. The highest BCUT2D eigenvalue weighted by Crippen LogP contribution is 2.44. The number of aromatic hydroxyl groups is 1. The molecule has 0 bridgehead atoms. The molecule has 0 saturated heterocycles. The van der Waals surface area contributed by atoms with Crippen LogP contribution in [0, 0.1) is 0 Å². The normalized spacial score (nSPS) is 13.9. The molecule has 0 radical (unpaired) electrons. The van der Waals surface area contributed by atoms with Crippen molar-refractivity contribution in [2.75, 3.05) is 0 Å². The van der Waals surface area contributed by atoms with Gasteiger partial charge in [-0.1, -0.05) is 53.1 Å². The van der Waals surface area contributed by atoms with Gasteiger partial charge in [0.2, 0.25) is 0 Å². The predicted molar refractivity (Wildman–Crippen MR) is 125 cm³/mol. The smallest absolute Gasteiger partial charge is 0.354 e. The Kier molecular flexibility index (Phi) is 4.62. The lowest BCUT2D eigenvalue weighted by atomic mass is 9.83. The highest BCUT2D eigenvalue weighted by atomic mass is 79.9. The first kappa shape index (κ1) is 20.4. The number of halogens is 2. The van der Waals surface area contributed by atoms with Gasteiger partial charge in [0.15, 0.2) is 5.75 Å². The molecule has 0 atom stereocenters. The maximum absolute atomic E-state index is 13.5. The number of nitrogens with zero attached hydrogens (tertiary/aromatic N) is 1. The fourth-order valence-corrected chi connectivity index (χ4v) is 5.31. The van der Waals surface area contributed by atoms with E-state index in [2.05, 4.69) is 15.9 Å². The third-order valence-electron chi connectivity index (χ3n) is 5.56. The number of fused-ring (bicyclic) bond motifs is 4. The van der Waals surface area contributed by atoms with Gasteiger partial charge in [0, 0.05) is 31.6 Å². The Morgan fingerprint density at radius 2 is 1.81 bits per heavy atom. The first-order valence-electron chi connectivity index (χ1n) is 9.38. The van der Waals surface area contributed by atoms with Crippen LogP contribution in [-0.2, 0) is 5.41 Å². The van der Waals surface area contributed by atoms with Crippen molar-refractivity contribution in [1.29, 1.82) is 0 Å². The van der Waals surface area contributed by atoms with Crippen molar-refractivity contribution in [3.05, 3.63) is 90.1 Å². The van der Waals surface area contributed by atoms with Crippen LogP contribution in [0.4, 0.5) is 0 Å². The second kappa shape index (κ2) is 7.02. The van der Waals surface area contributed by atoms with Crippen LogP contribution in [0.15, 0.2) is 76.8 Å². The number of rotatable bonds is 2. The molecular formula is C23H15BrClNO4S. The van der Waals surface area contributed by atoms with Crippen LogP contribution < -0.4 is 11.2 Å². The number of hydrogen-bond donors (Lipinski definition) is 1. The van der Waals surface area contributed by atoms with Crippen molar-refractivity contribution >= 4 is 50.3 Å². The van der Waals surface area contributed by atoms with E-state index < -0.39 is 16.6 Å². The average molecular weight is 517 g/mol. The van der Waals surface area contributed by atoms with E-state index in [0.717, 1.165) is 27.5 Å². The second-order valence-electron chi connectivity index (χ2n) is 7.82. The Hall–Kier alpha value is -2.48. The summed E-state index contributed by atoms with van der Waals surface area (Å²) in [7, 11) is 0. The van der Waals surface area contributed by atoms with Gasteiger partial charge in [-0.05, 0) is 48.0 Å². The van der Waals surface area contributed by atoms with E-state index in [1.165, 1.54) is 0 Å². The van der Waals surface area contributed by atoms with Crippen molar-refractivity contribution in [2.45, 2.75) is 29.1 Å². The molecular weight excluding hydrogens is 502 g/mol. The van der Waals surface area contributed by atoms with Crippen LogP contribution >= 0.6 is 39.3 Å². The maximum Gasteiger partial charge on any atom is 0.354 e. The van der Waals surface area contributed by atoms with Gasteiger partial charge in [0.25, 0.3) is 5.56 Å². The SMILES string of the molecule is CC1(C)c2cc(Br)ccc2-n2c1cc1oc(=O)c(Sc3ccc(Cl)cc3)c(O)c1c2=O. The zero-order chi connectivity index (χ0) is 22.1. The Balaban J connectivity index is 1.79. The fraction of sp³-hybridized carbons (Fsp3) is 0.130. The van der Waals surface area contributed by atoms with Crippen molar-refractivity contribution < 1.29 is 9.52 Å². The van der Waals surface area contributed by atoms with Crippen LogP contribution in [0.3, 0.4) is 0 Å². The number of benzene rings is 2. The fourth-order valence-electron chi connectivity index (χ4n) is 3.99. The van der Waals surface area contributed by atoms with E-state index >= 15 is 0 Å². The van der Waals surface area contributed by atoms with E-state index in [9.17, 15) is 14.7 Å². The Morgan fingerprint density at radius 1 is 1.10 bits per heavy atom. The molecule has 0 aliphatic carbocycles. The number of hydrogen-bond acceptors (Lipinski definition) is 5. The molecule has 0 saturated carbocycles. The van der Waals surface area contributed by atoms with Gasteiger partial charge < -0.3 is 9.52 Å². The molecule has 1 aliphatic heterocycles. The quantitative estimate of drug-likeness (QED) is 0.361. The van der Waals surface area contributed by atoms with E-state index in [4.69, 9.17) is 16.0 Å². The van der Waals surface area contributed by atoms with Gasteiger partial charge in [-0.2, -0.15) is 0 Å². The third-order valence-corrected chi connectivity index (χ3v) is 7.38. The summed E-state index contributed by atoms with van der Waals surface area (Å²) in [5, 5.41) is 11.5. The molecule has 8 heteroatoms. The van der Waals surface area contributed by atoms with Crippen molar-refractivity contribution in [3.63, 3.8) is 0 Å². The van der Waals surface area contributed by atoms with Crippen LogP contribution in [-0.4, -0.2) is 9.67 Å². The second-order valence-corrected chi connectivity index (χ2v) is 10.3. The lowest BCUT2D eigenvalue weighted by molar-refractivity contribution is 0.445. The summed E-state index contributed by atoms with van der Waals surface area (Å²) in [5.41, 5.74) is 0.848. The summed E-state index contributed by atoms with van der Waals surface area (Å²) < 4.78 is 7.99. The summed E-state index contributed by atoms with van der Waals surface area (Å²) >= 11 is 10.4. The summed E-state index contributed by atoms with van der Waals surface area (Å²) in [4.78, 5) is 26.9. The molecule has 3 heterocycles. The molecule has 2 aromatic heterocycles. The van der Waals surface area contributed by atoms with Crippen molar-refractivity contribution in [1.82, 2.24) is 4.57 Å². The molecule has 31 heavy (non-hydrogen) atoms. The molecule has 0 spiro atoms. The zero-order valence-corrected chi connectivity index (χ0v) is 19.6. The zero-order valence-electron chi connectivity index (χ0n) is 16.4. The highest BCUT2D eigenvalue weighted by Gasteiger charge is 2.38. The standard InChI is InChI=1S/C23H15BrClNO4S/c1-23(2)14-9-11(24)3-8-15(14)26-17(23)10-16-18(21(26)28)19(27)20(22(29)30-16)31-13-6-4-12(25)5-7-13/h3-10,27H,1-2H3. The summed E-state index contributed by atoms with van der Waals surface area (Å²) in [5.74, 6) is -0.380. The van der Waals surface area contributed by atoms with E-state index in [1.54, 1.807) is 34.9 Å². The summed E-state index contributed by atoms with van der Waals surface area (Å²) in [6.07, 6.45) is 0. The number of pyridine rings is 1. The van der Waals surface area contributed by atoms with Gasteiger partial charge in [0.1, 0.15) is 15.9 Å². The van der Waals surface area contributed by atoms with Gasteiger partial charge in [-0.15, -0.1) is 0 Å². The minimum Gasteiger partial charge on any atom is -0.505 e. The van der Waals surface area contributed by atoms with Crippen LogP contribution in [0.2, 0.25) is 5.02 Å². The van der Waals surface area contributed by atoms with Crippen molar-refractivity contribution in [3.8, 4) is 11.4 Å². The minimum absolute atomic E-state index is 0.0219. The Bertz CT molecular complexity index is 1510. The van der Waals surface area contributed by atoms with Gasteiger partial charge in [-0.3, -0.25) is 9.36 Å². The predicted octanol–water partition coefficient (Wildman–Crippen LogP) is 5.86. The van der Waals surface area contributed by atoms with Crippen molar-refractivity contribution in [2.24, 2.45) is 0 Å². The monoisotopic (exact) mass is 515 g/mol. The molecule has 156 valence electrons. The molecule has 1 N–H and O–H groups in total. The largest absolute Gasteiger partial charge is 0.505 e. The van der Waals surface area contributed by atoms with E-state index in [1.807, 2.05) is 32.0 Å². The minimum atomic E-state index is -0.703. The molecule has 0 amide bonds. The lowest BCUT2D eigenvalue weighted by Gasteiger charge is -2.20. The first-order valence-corrected chi connectivity index (χ1v) is 11.4. The molecule has 1 aliphatic rings. The van der Waals surface area contributed by atoms with Gasteiger partial charge in [-0.25, -0.2) is 4.79 Å². The lowest BCUT2D eigenvalue weighted by Crippen LogP contribution is -2.24. The molecule has 5 nitrogen and oxygen atoms in total. The highest BCUT2D eigenvalue weighted by molar-refractivity contribution is 9.10. The maximum atomic E-state index is 13.5. The third kappa shape index (κ3) is 3.06. The van der Waals surface area contributed by atoms with Crippen LogP contribution in [0.5, 0.6) is 5.75 Å². The number of aromatic nitrogens is 1. The summed E-state index contributed by atoms with van der Waals surface area (Å²) in [6, 6.07) is 14.2. The summed E-state index contributed by atoms with van der Waals surface area (Å²) in [6.45, 7) is 4.01. The first-order chi connectivity index (χ1) is 14.7. The Morgan fingerprint density at radius 3 is 2.52 bits per heavy atom.